The average Bonchev–Trinajstić information content (AvgIpc) is 2.66. The largest absolute Gasteiger partial charge is 0.321 e. The zero-order valence-electron chi connectivity index (χ0n) is 11.0. The van der Waals surface area contributed by atoms with E-state index in [1.807, 2.05) is 37.3 Å². The van der Waals surface area contributed by atoms with Gasteiger partial charge in [-0.1, -0.05) is 41.5 Å². The predicted octanol–water partition coefficient (Wildman–Crippen LogP) is 3.80. The van der Waals surface area contributed by atoms with Gasteiger partial charge in [0.1, 0.15) is 0 Å². The summed E-state index contributed by atoms with van der Waals surface area (Å²) in [5, 5.41) is 2.90. The van der Waals surface area contributed by atoms with Gasteiger partial charge in [0, 0.05) is 16.8 Å². The first-order valence-electron chi connectivity index (χ1n) is 6.34. The molecule has 0 spiro atoms. The molecule has 1 aliphatic heterocycles. The smallest absolute Gasteiger partial charge is 0.256 e. The second-order valence-electron chi connectivity index (χ2n) is 4.98. The number of amides is 1. The van der Waals surface area contributed by atoms with Crippen molar-refractivity contribution in [1.29, 1.82) is 0 Å². The van der Waals surface area contributed by atoms with Gasteiger partial charge in [-0.2, -0.15) is 0 Å². The van der Waals surface area contributed by atoms with Gasteiger partial charge in [0.2, 0.25) is 0 Å². The van der Waals surface area contributed by atoms with Crippen molar-refractivity contribution in [3.63, 3.8) is 0 Å². The van der Waals surface area contributed by atoms with Crippen LogP contribution in [0.5, 0.6) is 0 Å². The Bertz CT molecular complexity index is 698. The van der Waals surface area contributed by atoms with E-state index in [4.69, 9.17) is 0 Å². The Morgan fingerprint density at radius 1 is 1.00 bits per heavy atom. The molecule has 1 N–H and O–H groups in total. The van der Waals surface area contributed by atoms with Crippen LogP contribution in [0.3, 0.4) is 0 Å². The van der Waals surface area contributed by atoms with Crippen molar-refractivity contribution in [2.45, 2.75) is 13.8 Å². The van der Waals surface area contributed by atoms with Crippen molar-refractivity contribution in [2.24, 2.45) is 0 Å². The summed E-state index contributed by atoms with van der Waals surface area (Å²) in [6.45, 7) is 4.09. The lowest BCUT2D eigenvalue weighted by atomic mass is 10.0. The van der Waals surface area contributed by atoms with Crippen molar-refractivity contribution >= 4 is 23.2 Å². The van der Waals surface area contributed by atoms with E-state index in [1.54, 1.807) is 0 Å². The van der Waals surface area contributed by atoms with Gasteiger partial charge in [-0.15, -0.1) is 0 Å². The van der Waals surface area contributed by atoms with Gasteiger partial charge < -0.3 is 5.32 Å². The average molecular weight is 249 g/mol. The number of anilines is 1. The van der Waals surface area contributed by atoms with Gasteiger partial charge in [-0.05, 0) is 37.6 Å². The number of benzene rings is 2. The molecule has 2 heteroatoms. The third kappa shape index (κ3) is 2.17. The minimum atomic E-state index is -0.0258. The fourth-order valence-electron chi connectivity index (χ4n) is 2.37. The minimum Gasteiger partial charge on any atom is -0.321 e. The predicted molar refractivity (Wildman–Crippen MR) is 78.9 cm³/mol. The van der Waals surface area contributed by atoms with Crippen LogP contribution in [0, 0.1) is 13.8 Å². The molecule has 0 unspecified atom stereocenters. The summed E-state index contributed by atoms with van der Waals surface area (Å²) >= 11 is 0. The zero-order valence-corrected chi connectivity index (χ0v) is 11.0. The van der Waals surface area contributed by atoms with E-state index in [0.717, 1.165) is 28.0 Å². The number of rotatable bonds is 1. The molecule has 2 aromatic carbocycles. The molecular weight excluding hydrogens is 234 g/mol. The Morgan fingerprint density at radius 2 is 1.79 bits per heavy atom. The summed E-state index contributed by atoms with van der Waals surface area (Å²) in [4.78, 5) is 12.1. The van der Waals surface area contributed by atoms with Gasteiger partial charge in [0.25, 0.3) is 5.91 Å². The van der Waals surface area contributed by atoms with Crippen LogP contribution < -0.4 is 5.32 Å². The summed E-state index contributed by atoms with van der Waals surface area (Å²) in [5.41, 5.74) is 6.03. The number of hydrogen-bond donors (Lipinski definition) is 1. The lowest BCUT2D eigenvalue weighted by molar-refractivity contribution is -0.110. The molecule has 19 heavy (non-hydrogen) atoms. The van der Waals surface area contributed by atoms with Crippen LogP contribution in [-0.2, 0) is 4.79 Å². The molecule has 0 aromatic heterocycles. The highest BCUT2D eigenvalue weighted by Gasteiger charge is 2.23. The van der Waals surface area contributed by atoms with Crippen molar-refractivity contribution in [2.75, 3.05) is 5.32 Å². The number of carbonyl (C=O) groups excluding carboxylic acids is 1. The Balaban J connectivity index is 2.11. The molecule has 1 aliphatic rings. The summed E-state index contributed by atoms with van der Waals surface area (Å²) in [7, 11) is 0. The van der Waals surface area contributed by atoms with Crippen molar-refractivity contribution < 1.29 is 4.79 Å². The van der Waals surface area contributed by atoms with E-state index in [-0.39, 0.29) is 5.91 Å². The lowest BCUT2D eigenvalue weighted by Crippen LogP contribution is -2.03. The third-order valence-electron chi connectivity index (χ3n) is 3.31. The summed E-state index contributed by atoms with van der Waals surface area (Å²) in [6.07, 6.45) is 1.95. The molecule has 2 nitrogen and oxygen atoms in total. The van der Waals surface area contributed by atoms with Gasteiger partial charge in [-0.25, -0.2) is 0 Å². The maximum atomic E-state index is 12.1. The Labute approximate surface area is 112 Å². The first-order chi connectivity index (χ1) is 9.13. The number of carbonyl (C=O) groups is 1. The van der Waals surface area contributed by atoms with E-state index < -0.39 is 0 Å². The summed E-state index contributed by atoms with van der Waals surface area (Å²) < 4.78 is 0. The van der Waals surface area contributed by atoms with Crippen LogP contribution in [0.15, 0.2) is 42.5 Å². The zero-order chi connectivity index (χ0) is 13.4. The second kappa shape index (κ2) is 4.39. The molecule has 2 aromatic rings. The first kappa shape index (κ1) is 11.7. The van der Waals surface area contributed by atoms with Gasteiger partial charge >= 0.3 is 0 Å². The molecule has 0 atom stereocenters. The molecule has 94 valence electrons. The van der Waals surface area contributed by atoms with E-state index in [2.05, 4.69) is 30.4 Å². The van der Waals surface area contributed by atoms with E-state index >= 15 is 0 Å². The highest BCUT2D eigenvalue weighted by molar-refractivity contribution is 6.34. The van der Waals surface area contributed by atoms with E-state index in [1.165, 1.54) is 5.56 Å². The quantitative estimate of drug-likeness (QED) is 0.765. The van der Waals surface area contributed by atoms with Crippen LogP contribution in [-0.4, -0.2) is 5.91 Å². The number of hydrogen-bond acceptors (Lipinski definition) is 1. The number of aryl methyl sites for hydroxylation is 2. The Morgan fingerprint density at radius 3 is 2.58 bits per heavy atom. The van der Waals surface area contributed by atoms with Gasteiger partial charge in [0.15, 0.2) is 0 Å². The van der Waals surface area contributed by atoms with E-state index in [9.17, 15) is 4.79 Å². The lowest BCUT2D eigenvalue weighted by Gasteiger charge is -2.01. The van der Waals surface area contributed by atoms with Crippen LogP contribution in [0.4, 0.5) is 5.69 Å². The second-order valence-corrected chi connectivity index (χ2v) is 4.98. The highest BCUT2D eigenvalue weighted by Crippen LogP contribution is 2.33. The fourth-order valence-corrected chi connectivity index (χ4v) is 2.37. The van der Waals surface area contributed by atoms with Crippen molar-refractivity contribution in [1.82, 2.24) is 0 Å². The highest BCUT2D eigenvalue weighted by atomic mass is 16.2. The van der Waals surface area contributed by atoms with Crippen LogP contribution in [0.2, 0.25) is 0 Å². The van der Waals surface area contributed by atoms with Crippen LogP contribution >= 0.6 is 0 Å². The van der Waals surface area contributed by atoms with Crippen molar-refractivity contribution in [3.05, 3.63) is 64.7 Å². The topological polar surface area (TPSA) is 29.1 Å². The molecule has 1 amide bonds. The summed E-state index contributed by atoms with van der Waals surface area (Å²) in [5.74, 6) is -0.0258. The minimum absolute atomic E-state index is 0.0258. The molecule has 0 fully saturated rings. The molecule has 0 aliphatic carbocycles. The standard InChI is InChI=1S/C17H15NO/c1-11-4-3-5-13(8-11)10-15-14-9-12(2)6-7-16(14)18-17(15)19/h3-10H,1-2H3,(H,18,19)/b15-10+. The molecule has 0 saturated carbocycles. The van der Waals surface area contributed by atoms with Crippen LogP contribution in [0.25, 0.3) is 11.6 Å². The monoisotopic (exact) mass is 249 g/mol. The van der Waals surface area contributed by atoms with Crippen molar-refractivity contribution in [3.8, 4) is 0 Å². The Kier molecular flexibility index (Phi) is 2.71. The molecule has 0 radical (unpaired) electrons. The molecule has 3 rings (SSSR count). The summed E-state index contributed by atoms with van der Waals surface area (Å²) in [6, 6.07) is 14.2. The molecule has 0 bridgehead atoms. The maximum Gasteiger partial charge on any atom is 0.256 e. The van der Waals surface area contributed by atoms with Gasteiger partial charge in [-0.3, -0.25) is 4.79 Å². The third-order valence-corrected chi connectivity index (χ3v) is 3.31. The molecule has 1 heterocycles. The van der Waals surface area contributed by atoms with E-state index in [0.29, 0.717) is 0 Å². The maximum absolute atomic E-state index is 12.1. The molecule has 0 saturated heterocycles. The number of fused-ring (bicyclic) bond motifs is 1. The SMILES string of the molecule is Cc1cccc(/C=C2/C(=O)Nc3ccc(C)cc32)c1. The van der Waals surface area contributed by atoms with Gasteiger partial charge in [0.05, 0.1) is 0 Å². The fraction of sp³-hybridized carbons (Fsp3) is 0.118. The number of nitrogens with one attached hydrogen (secondary N) is 1. The first-order valence-corrected chi connectivity index (χ1v) is 6.34. The molecular formula is C17H15NO. The van der Waals surface area contributed by atoms with Crippen LogP contribution in [0.1, 0.15) is 22.3 Å². The normalized spacial score (nSPS) is 15.5. The Hall–Kier alpha value is -2.35.